The molecule has 0 aliphatic carbocycles. The summed E-state index contributed by atoms with van der Waals surface area (Å²) in [6, 6.07) is 3.09. The van der Waals surface area contributed by atoms with Gasteiger partial charge in [-0.05, 0) is 26.0 Å². The van der Waals surface area contributed by atoms with Crippen LogP contribution in [0.1, 0.15) is 32.1 Å². The van der Waals surface area contributed by atoms with E-state index in [0.717, 1.165) is 0 Å². The number of furan rings is 1. The molecule has 2 rings (SSSR count). The van der Waals surface area contributed by atoms with Crippen LogP contribution in [0.3, 0.4) is 0 Å². The van der Waals surface area contributed by atoms with Crippen molar-refractivity contribution in [1.82, 2.24) is 4.98 Å². The zero-order valence-electron chi connectivity index (χ0n) is 10.3. The summed E-state index contributed by atoms with van der Waals surface area (Å²) < 4.78 is 5.16. The third-order valence-electron chi connectivity index (χ3n) is 2.75. The number of aromatic nitrogens is 1. The fraction of sp³-hybridized carbons (Fsp3) is 0.154. The summed E-state index contributed by atoms with van der Waals surface area (Å²) in [5.41, 5.74) is 0.244. The molecule has 0 radical (unpaired) electrons. The van der Waals surface area contributed by atoms with E-state index in [4.69, 9.17) is 4.42 Å². The van der Waals surface area contributed by atoms with Gasteiger partial charge in [0.15, 0.2) is 0 Å². The molecule has 0 aliphatic heterocycles. The second-order valence-corrected chi connectivity index (χ2v) is 4.00. The highest BCUT2D eigenvalue weighted by Crippen LogP contribution is 2.31. The third-order valence-corrected chi connectivity index (χ3v) is 2.75. The first-order valence-electron chi connectivity index (χ1n) is 5.45. The van der Waals surface area contributed by atoms with Crippen molar-refractivity contribution in [3.63, 3.8) is 0 Å². The SMILES string of the molecule is Cc1nc(C)c(C(=O)O)c(-c2ccco2)c1C(=O)O. The van der Waals surface area contributed by atoms with Gasteiger partial charge in [-0.15, -0.1) is 0 Å². The average molecular weight is 261 g/mol. The number of carbonyl (C=O) groups is 2. The number of hydrogen-bond donors (Lipinski definition) is 2. The molecule has 0 saturated carbocycles. The van der Waals surface area contributed by atoms with Gasteiger partial charge >= 0.3 is 11.9 Å². The van der Waals surface area contributed by atoms with Crippen LogP contribution in [0.25, 0.3) is 11.3 Å². The van der Waals surface area contributed by atoms with Gasteiger partial charge in [0.1, 0.15) is 5.76 Å². The first kappa shape index (κ1) is 12.8. The molecule has 0 spiro atoms. The number of carboxylic acids is 2. The number of nitrogens with zero attached hydrogens (tertiary/aromatic N) is 1. The van der Waals surface area contributed by atoms with E-state index >= 15 is 0 Å². The van der Waals surface area contributed by atoms with Crippen LogP contribution in [-0.4, -0.2) is 27.1 Å². The molecule has 19 heavy (non-hydrogen) atoms. The first-order valence-corrected chi connectivity index (χ1v) is 5.45. The summed E-state index contributed by atoms with van der Waals surface area (Å²) in [6.07, 6.45) is 1.36. The Morgan fingerprint density at radius 1 is 1.11 bits per heavy atom. The minimum absolute atomic E-state index is 0.0509. The topological polar surface area (TPSA) is 101 Å². The normalized spacial score (nSPS) is 10.4. The molecule has 2 aromatic rings. The molecule has 6 heteroatoms. The van der Waals surface area contributed by atoms with Gasteiger partial charge in [-0.25, -0.2) is 9.59 Å². The van der Waals surface area contributed by atoms with Crippen LogP contribution in [0.15, 0.2) is 22.8 Å². The predicted molar refractivity (Wildman–Crippen MR) is 65.3 cm³/mol. The zero-order chi connectivity index (χ0) is 14.2. The summed E-state index contributed by atoms with van der Waals surface area (Å²) in [5.74, 6) is -2.28. The van der Waals surface area contributed by atoms with Gasteiger partial charge in [0.25, 0.3) is 0 Å². The molecular weight excluding hydrogens is 250 g/mol. The van der Waals surface area contributed by atoms with Crippen LogP contribution in [0.2, 0.25) is 0 Å². The maximum atomic E-state index is 11.3. The van der Waals surface area contributed by atoms with Crippen molar-refractivity contribution in [1.29, 1.82) is 0 Å². The van der Waals surface area contributed by atoms with Gasteiger partial charge in [-0.3, -0.25) is 4.98 Å². The van der Waals surface area contributed by atoms with E-state index in [1.807, 2.05) is 0 Å². The highest BCUT2D eigenvalue weighted by Gasteiger charge is 2.26. The predicted octanol–water partition coefficient (Wildman–Crippen LogP) is 2.35. The molecule has 0 aliphatic rings. The van der Waals surface area contributed by atoms with Crippen molar-refractivity contribution < 1.29 is 24.2 Å². The molecule has 0 saturated heterocycles. The third kappa shape index (κ3) is 2.08. The molecule has 2 N–H and O–H groups in total. The van der Waals surface area contributed by atoms with Crippen molar-refractivity contribution in [2.24, 2.45) is 0 Å². The molecule has 0 unspecified atom stereocenters. The zero-order valence-corrected chi connectivity index (χ0v) is 10.3. The molecule has 0 atom stereocenters. The number of carboxylic acid groups (broad SMARTS) is 2. The second-order valence-electron chi connectivity index (χ2n) is 4.00. The Hall–Kier alpha value is -2.63. The van der Waals surface area contributed by atoms with Crippen molar-refractivity contribution in [3.05, 3.63) is 40.9 Å². The van der Waals surface area contributed by atoms with Gasteiger partial charge in [0.05, 0.1) is 28.8 Å². The van der Waals surface area contributed by atoms with E-state index in [9.17, 15) is 19.8 Å². The lowest BCUT2D eigenvalue weighted by Gasteiger charge is -2.12. The lowest BCUT2D eigenvalue weighted by Crippen LogP contribution is -2.13. The molecule has 0 aromatic carbocycles. The Labute approximate surface area is 108 Å². The van der Waals surface area contributed by atoms with E-state index in [2.05, 4.69) is 4.98 Å². The Morgan fingerprint density at radius 2 is 1.63 bits per heavy atom. The Bertz CT molecular complexity index is 620. The first-order chi connectivity index (χ1) is 8.93. The number of rotatable bonds is 3. The van der Waals surface area contributed by atoms with Gasteiger partial charge in [0, 0.05) is 5.56 Å². The quantitative estimate of drug-likeness (QED) is 0.879. The fourth-order valence-corrected chi connectivity index (χ4v) is 2.04. The van der Waals surface area contributed by atoms with Gasteiger partial charge in [-0.2, -0.15) is 0 Å². The Kier molecular flexibility index (Phi) is 3.08. The van der Waals surface area contributed by atoms with Crippen molar-refractivity contribution in [2.75, 3.05) is 0 Å². The van der Waals surface area contributed by atoms with E-state index in [-0.39, 0.29) is 33.8 Å². The lowest BCUT2D eigenvalue weighted by atomic mass is 9.96. The molecule has 0 bridgehead atoms. The fourth-order valence-electron chi connectivity index (χ4n) is 2.04. The molecule has 0 amide bonds. The lowest BCUT2D eigenvalue weighted by molar-refractivity contribution is 0.0695. The summed E-state index contributed by atoms with van der Waals surface area (Å²) in [6.45, 7) is 3.04. The van der Waals surface area contributed by atoms with E-state index in [1.165, 1.54) is 26.2 Å². The molecule has 2 aromatic heterocycles. The van der Waals surface area contributed by atoms with Crippen LogP contribution in [-0.2, 0) is 0 Å². The van der Waals surface area contributed by atoms with E-state index in [0.29, 0.717) is 0 Å². The summed E-state index contributed by atoms with van der Waals surface area (Å²) >= 11 is 0. The monoisotopic (exact) mass is 261 g/mol. The van der Waals surface area contributed by atoms with Gasteiger partial charge < -0.3 is 14.6 Å². The van der Waals surface area contributed by atoms with Crippen molar-refractivity contribution in [2.45, 2.75) is 13.8 Å². The van der Waals surface area contributed by atoms with Crippen LogP contribution in [0.4, 0.5) is 0 Å². The summed E-state index contributed by atoms with van der Waals surface area (Å²) in [7, 11) is 0. The highest BCUT2D eigenvalue weighted by atomic mass is 16.4. The summed E-state index contributed by atoms with van der Waals surface area (Å²) in [4.78, 5) is 26.7. The number of hydrogen-bond acceptors (Lipinski definition) is 4. The van der Waals surface area contributed by atoms with Crippen LogP contribution < -0.4 is 0 Å². The standard InChI is InChI=1S/C13H11NO5/c1-6-9(12(15)16)11(8-4-3-5-19-8)10(13(17)18)7(2)14-6/h3-5H,1-2H3,(H,15,16)(H,17,18). The van der Waals surface area contributed by atoms with Crippen molar-refractivity contribution in [3.8, 4) is 11.3 Å². The van der Waals surface area contributed by atoms with Gasteiger partial charge in [-0.1, -0.05) is 0 Å². The molecule has 0 fully saturated rings. The molecule has 98 valence electrons. The van der Waals surface area contributed by atoms with Crippen molar-refractivity contribution >= 4 is 11.9 Å². The Morgan fingerprint density at radius 3 is 2.00 bits per heavy atom. The minimum atomic E-state index is -1.24. The minimum Gasteiger partial charge on any atom is -0.478 e. The maximum absolute atomic E-state index is 11.3. The smallest absolute Gasteiger partial charge is 0.338 e. The molecule has 2 heterocycles. The second kappa shape index (κ2) is 4.56. The maximum Gasteiger partial charge on any atom is 0.338 e. The van der Waals surface area contributed by atoms with E-state index in [1.54, 1.807) is 6.07 Å². The number of aryl methyl sites for hydroxylation is 2. The van der Waals surface area contributed by atoms with Gasteiger partial charge in [0.2, 0.25) is 0 Å². The Balaban J connectivity index is 2.93. The molecular formula is C13H11NO5. The van der Waals surface area contributed by atoms with Crippen LogP contribution >= 0.6 is 0 Å². The largest absolute Gasteiger partial charge is 0.478 e. The van der Waals surface area contributed by atoms with E-state index < -0.39 is 11.9 Å². The number of aromatic carboxylic acids is 2. The average Bonchev–Trinajstić information content (AvgIpc) is 2.79. The highest BCUT2D eigenvalue weighted by molar-refractivity contribution is 6.05. The van der Waals surface area contributed by atoms with Crippen LogP contribution in [0, 0.1) is 13.8 Å². The van der Waals surface area contributed by atoms with Crippen LogP contribution in [0.5, 0.6) is 0 Å². The summed E-state index contributed by atoms with van der Waals surface area (Å²) in [5, 5.41) is 18.5. The number of pyridine rings is 1. The molecule has 6 nitrogen and oxygen atoms in total.